The summed E-state index contributed by atoms with van der Waals surface area (Å²) in [7, 11) is 0. The summed E-state index contributed by atoms with van der Waals surface area (Å²) in [6.45, 7) is 2.13. The molecule has 7 rings (SSSR count). The second-order valence-electron chi connectivity index (χ2n) is 9.46. The summed E-state index contributed by atoms with van der Waals surface area (Å²) in [5.41, 5.74) is 8.96. The molecule has 5 heteroatoms. The highest BCUT2D eigenvalue weighted by Gasteiger charge is 2.14. The molecule has 0 aliphatic heterocycles. The van der Waals surface area contributed by atoms with Crippen molar-refractivity contribution in [2.24, 2.45) is 0 Å². The Kier molecular flexibility index (Phi) is 5.60. The molecule has 0 saturated carbocycles. The maximum atomic E-state index is 5.15. The van der Waals surface area contributed by atoms with Crippen LogP contribution in [0.25, 0.3) is 67.2 Å². The summed E-state index contributed by atoms with van der Waals surface area (Å²) in [6, 6.07) is 38.6. The fraction of sp³-hybridized carbons (Fsp3) is 0.0294. The van der Waals surface area contributed by atoms with Crippen LogP contribution < -0.4 is 0 Å². The minimum atomic E-state index is 0.562. The molecule has 0 unspecified atom stereocenters. The number of aromatic nitrogens is 5. The fourth-order valence-electron chi connectivity index (χ4n) is 4.88. The Labute approximate surface area is 225 Å². The van der Waals surface area contributed by atoms with E-state index < -0.39 is 0 Å². The molecular weight excluding hydrogens is 478 g/mol. The molecule has 184 valence electrons. The summed E-state index contributed by atoms with van der Waals surface area (Å²) < 4.78 is 0. The Morgan fingerprint density at radius 2 is 1.10 bits per heavy atom. The van der Waals surface area contributed by atoms with Crippen LogP contribution in [0.5, 0.6) is 0 Å². The monoisotopic (exact) mass is 501 g/mol. The van der Waals surface area contributed by atoms with Crippen LogP contribution in [0.3, 0.4) is 0 Å². The van der Waals surface area contributed by atoms with E-state index >= 15 is 0 Å². The number of hydrogen-bond donors (Lipinski definition) is 0. The fourth-order valence-corrected chi connectivity index (χ4v) is 4.88. The van der Waals surface area contributed by atoms with E-state index in [-0.39, 0.29) is 0 Å². The predicted octanol–water partition coefficient (Wildman–Crippen LogP) is 7.94. The van der Waals surface area contributed by atoms with E-state index in [2.05, 4.69) is 48.3 Å². The molecule has 0 amide bonds. The van der Waals surface area contributed by atoms with E-state index in [0.717, 1.165) is 55.7 Å². The smallest absolute Gasteiger partial charge is 0.179 e. The molecule has 0 aliphatic carbocycles. The van der Waals surface area contributed by atoms with E-state index in [1.165, 1.54) is 5.56 Å². The first-order valence-electron chi connectivity index (χ1n) is 12.9. The summed E-state index contributed by atoms with van der Waals surface area (Å²) in [6.07, 6.45) is 1.76. The highest BCUT2D eigenvalue weighted by Crippen LogP contribution is 2.32. The molecule has 39 heavy (non-hydrogen) atoms. The average molecular weight is 502 g/mol. The molecule has 0 atom stereocenters. The Morgan fingerprint density at radius 1 is 0.462 bits per heavy atom. The predicted molar refractivity (Wildman–Crippen MR) is 157 cm³/mol. The van der Waals surface area contributed by atoms with Crippen LogP contribution in [0.1, 0.15) is 5.56 Å². The molecule has 4 aromatic heterocycles. The number of benzene rings is 3. The van der Waals surface area contributed by atoms with Gasteiger partial charge in [0.15, 0.2) is 5.82 Å². The Hall–Kier alpha value is -5.29. The SMILES string of the molecule is Cc1cc(-c2ccccc2)nc2c1ccc1ccc(-c3cc(-c4ccccc4)nc(-c4ccccn4)n3)nc12. The molecule has 0 radical (unpaired) electrons. The van der Waals surface area contributed by atoms with Gasteiger partial charge in [0.1, 0.15) is 5.69 Å². The first-order valence-corrected chi connectivity index (χ1v) is 12.9. The van der Waals surface area contributed by atoms with Crippen molar-refractivity contribution in [3.8, 4) is 45.4 Å². The van der Waals surface area contributed by atoms with E-state index in [1.54, 1.807) is 6.20 Å². The van der Waals surface area contributed by atoms with Gasteiger partial charge in [0.2, 0.25) is 0 Å². The second kappa shape index (κ2) is 9.54. The molecule has 4 heterocycles. The normalized spacial score (nSPS) is 11.2. The van der Waals surface area contributed by atoms with Gasteiger partial charge >= 0.3 is 0 Å². The maximum absolute atomic E-state index is 5.15. The van der Waals surface area contributed by atoms with Gasteiger partial charge in [-0.2, -0.15) is 0 Å². The third-order valence-electron chi connectivity index (χ3n) is 6.87. The van der Waals surface area contributed by atoms with Crippen LogP contribution in [0.15, 0.2) is 121 Å². The van der Waals surface area contributed by atoms with Crippen molar-refractivity contribution < 1.29 is 0 Å². The van der Waals surface area contributed by atoms with Crippen molar-refractivity contribution in [2.75, 3.05) is 0 Å². The zero-order valence-electron chi connectivity index (χ0n) is 21.3. The molecule has 0 aliphatic rings. The topological polar surface area (TPSA) is 64.5 Å². The van der Waals surface area contributed by atoms with Gasteiger partial charge in [-0.25, -0.2) is 19.9 Å². The highest BCUT2D eigenvalue weighted by atomic mass is 14.9. The first kappa shape index (κ1) is 22.9. The van der Waals surface area contributed by atoms with E-state index in [9.17, 15) is 0 Å². The molecule has 0 saturated heterocycles. The third kappa shape index (κ3) is 4.30. The lowest BCUT2D eigenvalue weighted by Gasteiger charge is -2.11. The number of aryl methyl sites for hydroxylation is 1. The van der Waals surface area contributed by atoms with E-state index in [0.29, 0.717) is 11.5 Å². The van der Waals surface area contributed by atoms with Crippen molar-refractivity contribution >= 4 is 21.8 Å². The molecule has 5 nitrogen and oxygen atoms in total. The number of nitrogens with zero attached hydrogens (tertiary/aromatic N) is 5. The van der Waals surface area contributed by atoms with Crippen molar-refractivity contribution in [1.82, 2.24) is 24.9 Å². The van der Waals surface area contributed by atoms with Crippen LogP contribution in [-0.2, 0) is 0 Å². The van der Waals surface area contributed by atoms with Crippen LogP contribution in [-0.4, -0.2) is 24.9 Å². The molecular formula is C34H23N5. The van der Waals surface area contributed by atoms with Crippen molar-refractivity contribution in [1.29, 1.82) is 0 Å². The number of fused-ring (bicyclic) bond motifs is 3. The van der Waals surface area contributed by atoms with Crippen LogP contribution in [0.2, 0.25) is 0 Å². The van der Waals surface area contributed by atoms with Gasteiger partial charge in [0, 0.05) is 28.1 Å². The minimum absolute atomic E-state index is 0.562. The van der Waals surface area contributed by atoms with Gasteiger partial charge in [0.25, 0.3) is 0 Å². The largest absolute Gasteiger partial charge is 0.253 e. The van der Waals surface area contributed by atoms with Gasteiger partial charge < -0.3 is 0 Å². The quantitative estimate of drug-likeness (QED) is 0.229. The lowest BCUT2D eigenvalue weighted by atomic mass is 10.0. The lowest BCUT2D eigenvalue weighted by Crippen LogP contribution is -1.98. The molecule has 0 spiro atoms. The van der Waals surface area contributed by atoms with Gasteiger partial charge in [0.05, 0.1) is 33.8 Å². The Bertz CT molecular complexity index is 1900. The number of hydrogen-bond acceptors (Lipinski definition) is 5. The molecule has 3 aromatic carbocycles. The molecule has 0 fully saturated rings. The van der Waals surface area contributed by atoms with Crippen molar-refractivity contribution in [3.05, 3.63) is 127 Å². The van der Waals surface area contributed by atoms with Crippen molar-refractivity contribution in [3.63, 3.8) is 0 Å². The maximum Gasteiger partial charge on any atom is 0.179 e. The lowest BCUT2D eigenvalue weighted by molar-refractivity contribution is 1.14. The van der Waals surface area contributed by atoms with Gasteiger partial charge in [-0.15, -0.1) is 0 Å². The standard InChI is InChI=1S/C34H23N5/c1-22-20-29(23-10-4-2-5-11-23)37-33-26(22)17-15-25-16-18-27(36-32(25)33)31-21-30(24-12-6-3-7-13-24)38-34(39-31)28-14-8-9-19-35-28/h2-21H,1H3. The zero-order valence-corrected chi connectivity index (χ0v) is 21.3. The van der Waals surface area contributed by atoms with Crippen molar-refractivity contribution in [2.45, 2.75) is 6.92 Å². The number of pyridine rings is 3. The first-order chi connectivity index (χ1) is 19.2. The second-order valence-corrected chi connectivity index (χ2v) is 9.46. The Balaban J connectivity index is 1.45. The molecule has 0 N–H and O–H groups in total. The zero-order chi connectivity index (χ0) is 26.2. The summed E-state index contributed by atoms with van der Waals surface area (Å²) in [4.78, 5) is 24.5. The minimum Gasteiger partial charge on any atom is -0.253 e. The van der Waals surface area contributed by atoms with E-state index in [1.807, 2.05) is 78.9 Å². The van der Waals surface area contributed by atoms with Crippen LogP contribution in [0.4, 0.5) is 0 Å². The molecule has 0 bridgehead atoms. The summed E-state index contributed by atoms with van der Waals surface area (Å²) >= 11 is 0. The average Bonchev–Trinajstić information content (AvgIpc) is 3.01. The third-order valence-corrected chi connectivity index (χ3v) is 6.87. The van der Waals surface area contributed by atoms with Gasteiger partial charge in [-0.3, -0.25) is 4.98 Å². The van der Waals surface area contributed by atoms with Gasteiger partial charge in [-0.1, -0.05) is 84.9 Å². The molecule has 7 aromatic rings. The van der Waals surface area contributed by atoms with Crippen LogP contribution >= 0.6 is 0 Å². The highest BCUT2D eigenvalue weighted by molar-refractivity contribution is 6.05. The number of rotatable bonds is 4. The van der Waals surface area contributed by atoms with Crippen LogP contribution in [0, 0.1) is 6.92 Å². The summed E-state index contributed by atoms with van der Waals surface area (Å²) in [5.74, 6) is 0.562. The summed E-state index contributed by atoms with van der Waals surface area (Å²) in [5, 5.41) is 2.12. The van der Waals surface area contributed by atoms with E-state index in [4.69, 9.17) is 19.9 Å². The van der Waals surface area contributed by atoms with Gasteiger partial charge in [-0.05, 0) is 42.8 Å². The Morgan fingerprint density at radius 3 is 1.82 bits per heavy atom.